The lowest BCUT2D eigenvalue weighted by Crippen LogP contribution is -2.22. The van der Waals surface area contributed by atoms with Crippen LogP contribution in [0.4, 0.5) is 0 Å². The Kier molecular flexibility index (Phi) is 4.22. The van der Waals surface area contributed by atoms with Crippen molar-refractivity contribution >= 4 is 23.2 Å². The van der Waals surface area contributed by atoms with Crippen LogP contribution in [0, 0.1) is 6.92 Å². The zero-order chi connectivity index (χ0) is 18.1. The largest absolute Gasteiger partial charge is 0.451 e. The van der Waals surface area contributed by atoms with Gasteiger partial charge in [0, 0.05) is 23.0 Å². The van der Waals surface area contributed by atoms with E-state index in [1.165, 1.54) is 0 Å². The van der Waals surface area contributed by atoms with Crippen molar-refractivity contribution in [2.45, 2.75) is 13.5 Å². The molecule has 0 aliphatic rings. The van der Waals surface area contributed by atoms with E-state index in [1.807, 2.05) is 48.0 Å². The number of aryl methyl sites for hydroxylation is 1. The number of carbonyl (C=O) groups excluding carboxylic acids is 1. The summed E-state index contributed by atoms with van der Waals surface area (Å²) < 4.78 is 7.58. The van der Waals surface area contributed by atoms with Crippen LogP contribution in [0.3, 0.4) is 0 Å². The average molecular weight is 366 g/mol. The highest BCUT2D eigenvalue weighted by Crippen LogP contribution is 2.23. The molecule has 0 saturated carbocycles. The number of amides is 1. The van der Waals surface area contributed by atoms with Crippen molar-refractivity contribution in [2.24, 2.45) is 0 Å². The molecule has 3 heterocycles. The molecule has 0 fully saturated rings. The second kappa shape index (κ2) is 6.69. The smallest absolute Gasteiger partial charge is 0.287 e. The number of rotatable bonds is 4. The monoisotopic (exact) mass is 365 g/mol. The molecule has 0 unspecified atom stereocenters. The van der Waals surface area contributed by atoms with Crippen molar-refractivity contribution in [1.82, 2.24) is 14.7 Å². The molecule has 0 saturated heterocycles. The summed E-state index contributed by atoms with van der Waals surface area (Å²) in [6.45, 7) is 2.35. The van der Waals surface area contributed by atoms with Crippen LogP contribution in [-0.4, -0.2) is 15.3 Å². The first-order chi connectivity index (χ1) is 12.6. The van der Waals surface area contributed by atoms with Crippen LogP contribution in [-0.2, 0) is 6.54 Å². The molecule has 0 spiro atoms. The number of benzene rings is 1. The van der Waals surface area contributed by atoms with E-state index in [0.717, 1.165) is 22.5 Å². The fourth-order valence-electron chi connectivity index (χ4n) is 2.71. The fourth-order valence-corrected chi connectivity index (χ4v) is 2.83. The summed E-state index contributed by atoms with van der Waals surface area (Å²) >= 11 is 5.89. The van der Waals surface area contributed by atoms with Crippen molar-refractivity contribution < 1.29 is 9.21 Å². The number of furan rings is 1. The fraction of sp³-hybridized carbons (Fsp3) is 0.100. The van der Waals surface area contributed by atoms with Gasteiger partial charge < -0.3 is 14.1 Å². The molecule has 1 aromatic carbocycles. The summed E-state index contributed by atoms with van der Waals surface area (Å²) in [7, 11) is 0. The molecule has 4 aromatic rings. The topological polar surface area (TPSA) is 59.5 Å². The van der Waals surface area contributed by atoms with E-state index in [9.17, 15) is 4.79 Å². The third-order valence-corrected chi connectivity index (χ3v) is 4.31. The predicted molar refractivity (Wildman–Crippen MR) is 100 cm³/mol. The number of carbonyl (C=O) groups is 1. The SMILES string of the molecule is Cc1ccn2cc(CNC(=O)c3ccc(-c4ccc(Cl)cc4)o3)nc2c1. The van der Waals surface area contributed by atoms with Crippen molar-refractivity contribution in [3.05, 3.63) is 83.0 Å². The van der Waals surface area contributed by atoms with E-state index in [-0.39, 0.29) is 11.7 Å². The van der Waals surface area contributed by atoms with Crippen LogP contribution in [0.2, 0.25) is 5.02 Å². The van der Waals surface area contributed by atoms with Crippen molar-refractivity contribution in [2.75, 3.05) is 0 Å². The van der Waals surface area contributed by atoms with Gasteiger partial charge in [0.2, 0.25) is 0 Å². The molecular formula is C20H16ClN3O2. The Bertz CT molecular complexity index is 1080. The minimum atomic E-state index is -0.279. The lowest BCUT2D eigenvalue weighted by molar-refractivity contribution is 0.0923. The van der Waals surface area contributed by atoms with Gasteiger partial charge in [-0.15, -0.1) is 0 Å². The van der Waals surface area contributed by atoms with E-state index in [2.05, 4.69) is 10.3 Å². The molecule has 6 heteroatoms. The molecule has 4 rings (SSSR count). The summed E-state index contributed by atoms with van der Waals surface area (Å²) in [5.41, 5.74) is 3.65. The van der Waals surface area contributed by atoms with Crippen molar-refractivity contribution in [3.8, 4) is 11.3 Å². The average Bonchev–Trinajstić information content (AvgIpc) is 3.27. The van der Waals surface area contributed by atoms with Gasteiger partial charge in [-0.3, -0.25) is 4.79 Å². The summed E-state index contributed by atoms with van der Waals surface area (Å²) in [6.07, 6.45) is 3.85. The van der Waals surface area contributed by atoms with E-state index >= 15 is 0 Å². The first kappa shape index (κ1) is 16.4. The molecule has 0 atom stereocenters. The van der Waals surface area contributed by atoms with Gasteiger partial charge in [-0.05, 0) is 61.0 Å². The van der Waals surface area contributed by atoms with Gasteiger partial charge in [0.05, 0.1) is 12.2 Å². The van der Waals surface area contributed by atoms with Crippen LogP contribution in [0.15, 0.2) is 65.3 Å². The first-order valence-electron chi connectivity index (χ1n) is 8.17. The van der Waals surface area contributed by atoms with E-state index in [0.29, 0.717) is 17.3 Å². The predicted octanol–water partition coefficient (Wildman–Crippen LogP) is 4.49. The van der Waals surface area contributed by atoms with Gasteiger partial charge in [0.15, 0.2) is 5.76 Å². The molecule has 0 aliphatic heterocycles. The van der Waals surface area contributed by atoms with Crippen molar-refractivity contribution in [3.63, 3.8) is 0 Å². The molecule has 26 heavy (non-hydrogen) atoms. The maximum absolute atomic E-state index is 12.3. The highest BCUT2D eigenvalue weighted by molar-refractivity contribution is 6.30. The van der Waals surface area contributed by atoms with Crippen molar-refractivity contribution in [1.29, 1.82) is 0 Å². The molecule has 3 aromatic heterocycles. The highest BCUT2D eigenvalue weighted by Gasteiger charge is 2.13. The molecule has 0 aliphatic carbocycles. The van der Waals surface area contributed by atoms with Crippen LogP contribution in [0.5, 0.6) is 0 Å². The number of aromatic nitrogens is 2. The summed E-state index contributed by atoms with van der Waals surface area (Å²) in [6, 6.07) is 14.7. The Hall–Kier alpha value is -3.05. The minimum Gasteiger partial charge on any atom is -0.451 e. The second-order valence-electron chi connectivity index (χ2n) is 6.06. The molecular weight excluding hydrogens is 350 g/mol. The maximum atomic E-state index is 12.3. The molecule has 5 nitrogen and oxygen atoms in total. The summed E-state index contributed by atoms with van der Waals surface area (Å²) in [5.74, 6) is 0.600. The van der Waals surface area contributed by atoms with Gasteiger partial charge in [-0.2, -0.15) is 0 Å². The molecule has 1 N–H and O–H groups in total. The number of fused-ring (bicyclic) bond motifs is 1. The number of nitrogens with one attached hydrogen (secondary N) is 1. The lowest BCUT2D eigenvalue weighted by atomic mass is 10.2. The molecule has 130 valence electrons. The quantitative estimate of drug-likeness (QED) is 0.579. The first-order valence-corrected chi connectivity index (χ1v) is 8.54. The summed E-state index contributed by atoms with van der Waals surface area (Å²) in [4.78, 5) is 16.8. The number of pyridine rings is 1. The van der Waals surface area contributed by atoms with Gasteiger partial charge >= 0.3 is 0 Å². The van der Waals surface area contributed by atoms with Crippen LogP contribution >= 0.6 is 11.6 Å². The Balaban J connectivity index is 1.45. The van der Waals surface area contributed by atoms with Gasteiger partial charge in [0.1, 0.15) is 11.4 Å². The second-order valence-corrected chi connectivity index (χ2v) is 6.49. The number of hydrogen-bond donors (Lipinski definition) is 1. The molecule has 1 amide bonds. The molecule has 0 radical (unpaired) electrons. The number of nitrogens with zero attached hydrogens (tertiary/aromatic N) is 2. The van der Waals surface area contributed by atoms with Gasteiger partial charge in [-0.25, -0.2) is 4.98 Å². The van der Waals surface area contributed by atoms with Crippen LogP contribution in [0.25, 0.3) is 17.0 Å². The zero-order valence-electron chi connectivity index (χ0n) is 14.1. The Morgan fingerprint density at radius 3 is 2.81 bits per heavy atom. The highest BCUT2D eigenvalue weighted by atomic mass is 35.5. The summed E-state index contributed by atoms with van der Waals surface area (Å²) in [5, 5.41) is 3.49. The maximum Gasteiger partial charge on any atom is 0.287 e. The Morgan fingerprint density at radius 1 is 1.19 bits per heavy atom. The third-order valence-electron chi connectivity index (χ3n) is 4.05. The zero-order valence-corrected chi connectivity index (χ0v) is 14.8. The minimum absolute atomic E-state index is 0.259. The van der Waals surface area contributed by atoms with Crippen LogP contribution in [0.1, 0.15) is 21.8 Å². The van der Waals surface area contributed by atoms with E-state index in [1.54, 1.807) is 24.3 Å². The Labute approximate surface area is 155 Å². The molecule has 0 bridgehead atoms. The standard InChI is InChI=1S/C20H16ClN3O2/c1-13-8-9-24-12-16(23-19(24)10-13)11-22-20(25)18-7-6-17(26-18)14-2-4-15(21)5-3-14/h2-10,12H,11H2,1H3,(H,22,25). The third kappa shape index (κ3) is 3.34. The Morgan fingerprint density at radius 2 is 2.00 bits per heavy atom. The number of imidazole rings is 1. The van der Waals surface area contributed by atoms with Gasteiger partial charge in [-0.1, -0.05) is 11.6 Å². The lowest BCUT2D eigenvalue weighted by Gasteiger charge is -2.00. The number of hydrogen-bond acceptors (Lipinski definition) is 3. The number of halogens is 1. The van der Waals surface area contributed by atoms with E-state index < -0.39 is 0 Å². The van der Waals surface area contributed by atoms with Gasteiger partial charge in [0.25, 0.3) is 5.91 Å². The van der Waals surface area contributed by atoms with Crippen LogP contribution < -0.4 is 5.32 Å². The normalized spacial score (nSPS) is 11.0. The van der Waals surface area contributed by atoms with E-state index in [4.69, 9.17) is 16.0 Å².